The second-order valence-electron chi connectivity index (χ2n) is 6.39. The molecule has 0 bridgehead atoms. The van der Waals surface area contributed by atoms with Crippen LogP contribution in [0.25, 0.3) is 0 Å². The lowest BCUT2D eigenvalue weighted by Gasteiger charge is -2.26. The van der Waals surface area contributed by atoms with Crippen LogP contribution < -0.4 is 15.9 Å². The Balaban J connectivity index is 1.49. The second-order valence-corrected chi connectivity index (χ2v) is 7.99. The van der Waals surface area contributed by atoms with Gasteiger partial charge in [0.1, 0.15) is 11.6 Å². The Bertz CT molecular complexity index is 1030. The standard InChI is InChI=1S/C16H16F2N3O7P/c17-16(18)11(27-14(13(16)22)21-6-5-12(19)20-15(21)23)8-26-29(24)25-7-9-3-1-2-4-10(9)28-29/h1-6,11,13-14,22H,7-8H2,(H2,19,20,23). The molecule has 0 saturated carbocycles. The topological polar surface area (TPSA) is 135 Å². The fraction of sp³-hybridized carbons (Fsp3) is 0.375. The van der Waals surface area contributed by atoms with Crippen molar-refractivity contribution in [2.75, 3.05) is 12.3 Å². The van der Waals surface area contributed by atoms with Crippen LogP contribution in [0.15, 0.2) is 41.3 Å². The summed E-state index contributed by atoms with van der Waals surface area (Å²) in [5.74, 6) is -3.69. The van der Waals surface area contributed by atoms with Crippen molar-refractivity contribution in [1.29, 1.82) is 0 Å². The van der Waals surface area contributed by atoms with Crippen molar-refractivity contribution >= 4 is 13.6 Å². The van der Waals surface area contributed by atoms with Gasteiger partial charge in [-0.05, 0) is 12.1 Å². The molecule has 0 radical (unpaired) electrons. The molecule has 0 spiro atoms. The van der Waals surface area contributed by atoms with E-state index in [-0.39, 0.29) is 18.2 Å². The molecular formula is C16H16F2N3O7P. The number of rotatable bonds is 4. The number of alkyl halides is 2. The van der Waals surface area contributed by atoms with Crippen molar-refractivity contribution in [3.63, 3.8) is 0 Å². The van der Waals surface area contributed by atoms with Gasteiger partial charge < -0.3 is 20.1 Å². The normalized spacial score (nSPS) is 30.5. The number of hydrogen-bond donors (Lipinski definition) is 2. The lowest BCUT2D eigenvalue weighted by molar-refractivity contribution is -0.122. The van der Waals surface area contributed by atoms with Gasteiger partial charge in [-0.15, -0.1) is 0 Å². The number of hydrogen-bond acceptors (Lipinski definition) is 9. The number of aliphatic hydroxyl groups is 1. The summed E-state index contributed by atoms with van der Waals surface area (Å²) in [6.45, 7) is -1.01. The zero-order valence-corrected chi connectivity index (χ0v) is 15.6. The Hall–Kier alpha value is -2.37. The number of benzene rings is 1. The highest BCUT2D eigenvalue weighted by molar-refractivity contribution is 7.49. The monoisotopic (exact) mass is 431 g/mol. The molecule has 156 valence electrons. The Kier molecular flexibility index (Phi) is 4.91. The van der Waals surface area contributed by atoms with Crippen molar-refractivity contribution < 1.29 is 36.8 Å². The predicted molar refractivity (Wildman–Crippen MR) is 93.2 cm³/mol. The number of nitrogens with two attached hydrogens (primary N) is 1. The van der Waals surface area contributed by atoms with Crippen LogP contribution in [0, 0.1) is 0 Å². The summed E-state index contributed by atoms with van der Waals surface area (Å²) < 4.78 is 62.6. The molecule has 2 aromatic rings. The number of aliphatic hydroxyl groups excluding tert-OH is 1. The number of phosphoric ester groups is 1. The van der Waals surface area contributed by atoms with Crippen LogP contribution in [0.5, 0.6) is 5.75 Å². The number of nitrogens with zero attached hydrogens (tertiary/aromatic N) is 2. The number of phosphoric acid groups is 1. The summed E-state index contributed by atoms with van der Waals surface area (Å²) in [5, 5.41) is 9.98. The number of ether oxygens (including phenoxy) is 1. The first-order valence-corrected chi connectivity index (χ1v) is 9.88. The van der Waals surface area contributed by atoms with Gasteiger partial charge in [-0.3, -0.25) is 13.6 Å². The summed E-state index contributed by atoms with van der Waals surface area (Å²) >= 11 is 0. The Morgan fingerprint density at radius 1 is 1.38 bits per heavy atom. The van der Waals surface area contributed by atoms with Crippen molar-refractivity contribution in [3.8, 4) is 5.75 Å². The summed E-state index contributed by atoms with van der Waals surface area (Å²) in [6, 6.07) is 7.78. The van der Waals surface area contributed by atoms with Crippen LogP contribution in [-0.4, -0.2) is 39.4 Å². The third-order valence-electron chi connectivity index (χ3n) is 4.47. The van der Waals surface area contributed by atoms with E-state index in [1.54, 1.807) is 18.2 Å². The Labute approximate surface area is 162 Å². The van der Waals surface area contributed by atoms with Crippen LogP contribution in [-0.2, 0) is 25.0 Å². The number of aromatic nitrogens is 2. The molecule has 3 heterocycles. The first-order chi connectivity index (χ1) is 13.7. The minimum Gasteiger partial charge on any atom is -0.404 e. The van der Waals surface area contributed by atoms with Gasteiger partial charge in [0, 0.05) is 11.8 Å². The van der Waals surface area contributed by atoms with Gasteiger partial charge in [-0.25, -0.2) is 18.1 Å². The van der Waals surface area contributed by atoms with Gasteiger partial charge in [0.15, 0.2) is 18.4 Å². The largest absolute Gasteiger partial charge is 0.530 e. The first kappa shape index (κ1) is 19.9. The highest BCUT2D eigenvalue weighted by Gasteiger charge is 2.60. The molecule has 13 heteroatoms. The molecule has 1 aromatic carbocycles. The Morgan fingerprint density at radius 3 is 2.90 bits per heavy atom. The Morgan fingerprint density at radius 2 is 2.14 bits per heavy atom. The van der Waals surface area contributed by atoms with E-state index >= 15 is 0 Å². The lowest BCUT2D eigenvalue weighted by atomic mass is 10.1. The summed E-state index contributed by atoms with van der Waals surface area (Å²) in [5.41, 5.74) is 5.01. The summed E-state index contributed by atoms with van der Waals surface area (Å²) in [4.78, 5) is 15.3. The molecule has 1 fully saturated rings. The minimum absolute atomic E-state index is 0.0902. The van der Waals surface area contributed by atoms with E-state index in [0.717, 1.165) is 6.20 Å². The number of fused-ring (bicyclic) bond motifs is 1. The summed E-state index contributed by atoms with van der Waals surface area (Å²) in [7, 11) is -4.17. The fourth-order valence-electron chi connectivity index (χ4n) is 2.93. The zero-order chi connectivity index (χ0) is 20.8. The van der Waals surface area contributed by atoms with Gasteiger partial charge in [0.2, 0.25) is 0 Å². The number of nitrogen functional groups attached to an aromatic ring is 1. The number of anilines is 1. The minimum atomic E-state index is -4.17. The van der Waals surface area contributed by atoms with Crippen LogP contribution >= 0.6 is 7.82 Å². The number of halogens is 2. The first-order valence-electron chi connectivity index (χ1n) is 8.42. The lowest BCUT2D eigenvalue weighted by Crippen LogP contribution is -2.42. The molecule has 4 rings (SSSR count). The van der Waals surface area contributed by atoms with Crippen molar-refractivity contribution in [2.45, 2.75) is 31.0 Å². The van der Waals surface area contributed by atoms with Gasteiger partial charge in [-0.2, -0.15) is 4.98 Å². The molecule has 10 nitrogen and oxygen atoms in total. The molecule has 4 unspecified atom stereocenters. The molecule has 0 amide bonds. The van der Waals surface area contributed by atoms with E-state index in [0.29, 0.717) is 10.1 Å². The molecule has 4 atom stereocenters. The third kappa shape index (κ3) is 3.65. The van der Waals surface area contributed by atoms with Gasteiger partial charge in [-0.1, -0.05) is 18.2 Å². The van der Waals surface area contributed by atoms with E-state index in [4.69, 9.17) is 24.0 Å². The van der Waals surface area contributed by atoms with E-state index in [2.05, 4.69) is 4.98 Å². The third-order valence-corrected chi connectivity index (χ3v) is 5.80. The quantitative estimate of drug-likeness (QED) is 0.690. The highest BCUT2D eigenvalue weighted by Crippen LogP contribution is 2.55. The van der Waals surface area contributed by atoms with Crippen molar-refractivity contribution in [3.05, 3.63) is 52.6 Å². The smallest absolute Gasteiger partial charge is 0.404 e. The zero-order valence-electron chi connectivity index (χ0n) is 14.7. The molecule has 1 aromatic heterocycles. The molecule has 29 heavy (non-hydrogen) atoms. The predicted octanol–water partition coefficient (Wildman–Crippen LogP) is 1.45. The maximum atomic E-state index is 14.5. The SMILES string of the molecule is Nc1ccn(C2OC(COP3(=O)OCc4ccccc4O3)C(F)(F)C2O)c(=O)n1. The molecule has 1 saturated heterocycles. The second kappa shape index (κ2) is 7.15. The van der Waals surface area contributed by atoms with Crippen LogP contribution in [0.3, 0.4) is 0 Å². The van der Waals surface area contributed by atoms with Gasteiger partial charge >= 0.3 is 19.4 Å². The molecule has 2 aliphatic rings. The molecule has 3 N–H and O–H groups in total. The van der Waals surface area contributed by atoms with E-state index in [1.165, 1.54) is 12.1 Å². The van der Waals surface area contributed by atoms with Crippen LogP contribution in [0.4, 0.5) is 14.6 Å². The molecular weight excluding hydrogens is 415 g/mol. The highest BCUT2D eigenvalue weighted by atomic mass is 31.2. The average Bonchev–Trinajstić information content (AvgIpc) is 2.90. The van der Waals surface area contributed by atoms with E-state index in [1.807, 2.05) is 0 Å². The van der Waals surface area contributed by atoms with Crippen LogP contribution in [0.1, 0.15) is 11.8 Å². The van der Waals surface area contributed by atoms with Gasteiger partial charge in [0.05, 0.1) is 13.2 Å². The van der Waals surface area contributed by atoms with Crippen molar-refractivity contribution in [1.82, 2.24) is 9.55 Å². The maximum absolute atomic E-state index is 14.5. The van der Waals surface area contributed by atoms with E-state index in [9.17, 15) is 23.2 Å². The van der Waals surface area contributed by atoms with Crippen LogP contribution in [0.2, 0.25) is 0 Å². The van der Waals surface area contributed by atoms with E-state index < -0.39 is 44.5 Å². The maximum Gasteiger partial charge on any atom is 0.530 e. The van der Waals surface area contributed by atoms with Gasteiger partial charge in [0.25, 0.3) is 0 Å². The fourth-order valence-corrected chi connectivity index (χ4v) is 4.15. The molecule has 2 aliphatic heterocycles. The average molecular weight is 431 g/mol. The number of para-hydroxylation sites is 1. The van der Waals surface area contributed by atoms with Crippen molar-refractivity contribution in [2.24, 2.45) is 0 Å². The molecule has 0 aliphatic carbocycles. The summed E-state index contributed by atoms with van der Waals surface area (Å²) in [6.07, 6.45) is -5.07.